The highest BCUT2D eigenvalue weighted by atomic mass is 16.6. The van der Waals surface area contributed by atoms with Crippen molar-refractivity contribution in [2.75, 3.05) is 27.3 Å². The summed E-state index contributed by atoms with van der Waals surface area (Å²) in [6, 6.07) is 5.15. The zero-order chi connectivity index (χ0) is 11.5. The molecule has 2 rings (SSSR count). The lowest BCUT2D eigenvalue weighted by molar-refractivity contribution is 0.0855. The van der Waals surface area contributed by atoms with Gasteiger partial charge in [0.1, 0.15) is 13.2 Å². The summed E-state index contributed by atoms with van der Waals surface area (Å²) < 4.78 is 10.8. The molecule has 0 fully saturated rings. The number of hydrazine groups is 1. The third-order valence-corrected chi connectivity index (χ3v) is 2.13. The van der Waals surface area contributed by atoms with E-state index in [1.807, 2.05) is 0 Å². The van der Waals surface area contributed by atoms with Crippen LogP contribution < -0.4 is 14.9 Å². The van der Waals surface area contributed by atoms with Gasteiger partial charge in [0.2, 0.25) is 0 Å². The maximum atomic E-state index is 11.7. The third kappa shape index (κ3) is 2.25. The quantitative estimate of drug-likeness (QED) is 0.747. The monoisotopic (exact) mass is 222 g/mol. The predicted octanol–water partition coefficient (Wildman–Crippen LogP) is 0.664. The van der Waals surface area contributed by atoms with Crippen molar-refractivity contribution in [3.05, 3.63) is 23.8 Å². The van der Waals surface area contributed by atoms with Crippen LogP contribution in [-0.2, 0) is 0 Å². The van der Waals surface area contributed by atoms with E-state index in [4.69, 9.17) is 9.47 Å². The molecule has 1 aliphatic heterocycles. The molecule has 0 radical (unpaired) electrons. The van der Waals surface area contributed by atoms with Crippen molar-refractivity contribution in [1.82, 2.24) is 10.4 Å². The van der Waals surface area contributed by atoms with Crippen LogP contribution in [0.25, 0.3) is 0 Å². The van der Waals surface area contributed by atoms with Gasteiger partial charge in [0.15, 0.2) is 11.5 Å². The number of ether oxygens (including phenoxy) is 2. The van der Waals surface area contributed by atoms with Gasteiger partial charge in [-0.3, -0.25) is 10.2 Å². The zero-order valence-electron chi connectivity index (χ0n) is 9.32. The highest BCUT2D eigenvalue weighted by molar-refractivity contribution is 5.94. The van der Waals surface area contributed by atoms with Crippen LogP contribution >= 0.6 is 0 Å². The number of benzene rings is 1. The molecule has 1 aromatic rings. The Morgan fingerprint density at radius 3 is 2.62 bits per heavy atom. The van der Waals surface area contributed by atoms with Crippen LogP contribution in [0.4, 0.5) is 0 Å². The number of carbonyl (C=O) groups excluding carboxylic acids is 1. The zero-order valence-corrected chi connectivity index (χ0v) is 9.32. The van der Waals surface area contributed by atoms with E-state index in [9.17, 15) is 4.79 Å². The molecular weight excluding hydrogens is 208 g/mol. The fourth-order valence-electron chi connectivity index (χ4n) is 1.45. The van der Waals surface area contributed by atoms with Gasteiger partial charge in [-0.25, -0.2) is 5.01 Å². The van der Waals surface area contributed by atoms with E-state index in [-0.39, 0.29) is 5.91 Å². The molecule has 0 aliphatic carbocycles. The fourth-order valence-corrected chi connectivity index (χ4v) is 1.45. The van der Waals surface area contributed by atoms with Gasteiger partial charge in [0, 0.05) is 19.7 Å². The molecule has 1 aliphatic rings. The number of nitrogens with one attached hydrogen (secondary N) is 1. The minimum Gasteiger partial charge on any atom is -0.486 e. The molecule has 0 spiro atoms. The Kier molecular flexibility index (Phi) is 2.96. The molecule has 5 nitrogen and oxygen atoms in total. The number of nitrogens with zero attached hydrogens (tertiary/aromatic N) is 1. The lowest BCUT2D eigenvalue weighted by atomic mass is 10.2. The average Bonchev–Trinajstić information content (AvgIpc) is 2.27. The molecule has 1 N–H and O–H groups in total. The van der Waals surface area contributed by atoms with Gasteiger partial charge in [0.25, 0.3) is 5.91 Å². The van der Waals surface area contributed by atoms with E-state index >= 15 is 0 Å². The van der Waals surface area contributed by atoms with E-state index in [0.29, 0.717) is 30.3 Å². The van der Waals surface area contributed by atoms with Crippen LogP contribution in [-0.4, -0.2) is 38.2 Å². The van der Waals surface area contributed by atoms with Crippen molar-refractivity contribution in [3.8, 4) is 11.5 Å². The number of hydrogen-bond donors (Lipinski definition) is 1. The number of hydrogen-bond acceptors (Lipinski definition) is 4. The molecule has 86 valence electrons. The number of rotatable bonds is 2. The van der Waals surface area contributed by atoms with Crippen LogP contribution in [0, 0.1) is 0 Å². The first-order chi connectivity index (χ1) is 7.66. The van der Waals surface area contributed by atoms with Gasteiger partial charge >= 0.3 is 0 Å². The maximum Gasteiger partial charge on any atom is 0.265 e. The molecule has 1 aromatic carbocycles. The Balaban J connectivity index is 2.19. The fraction of sp³-hybridized carbons (Fsp3) is 0.364. The summed E-state index contributed by atoms with van der Waals surface area (Å²) in [6.45, 7) is 1.07. The smallest absolute Gasteiger partial charge is 0.265 e. The maximum absolute atomic E-state index is 11.7. The van der Waals surface area contributed by atoms with Crippen LogP contribution in [0.5, 0.6) is 11.5 Å². The van der Waals surface area contributed by atoms with Gasteiger partial charge in [-0.1, -0.05) is 0 Å². The van der Waals surface area contributed by atoms with Crippen molar-refractivity contribution in [1.29, 1.82) is 0 Å². The second-order valence-electron chi connectivity index (χ2n) is 3.69. The van der Waals surface area contributed by atoms with Crippen LogP contribution in [0.15, 0.2) is 18.2 Å². The van der Waals surface area contributed by atoms with Crippen molar-refractivity contribution < 1.29 is 14.3 Å². The minimum atomic E-state index is -0.165. The van der Waals surface area contributed by atoms with E-state index in [0.717, 1.165) is 0 Å². The van der Waals surface area contributed by atoms with Crippen LogP contribution in [0.2, 0.25) is 0 Å². The first kappa shape index (κ1) is 10.8. The highest BCUT2D eigenvalue weighted by Gasteiger charge is 2.14. The van der Waals surface area contributed by atoms with Crippen LogP contribution in [0.1, 0.15) is 10.4 Å². The molecule has 0 atom stereocenters. The van der Waals surface area contributed by atoms with E-state index in [1.165, 1.54) is 0 Å². The Bertz CT molecular complexity index is 404. The first-order valence-electron chi connectivity index (χ1n) is 5.05. The molecule has 1 amide bonds. The van der Waals surface area contributed by atoms with E-state index in [2.05, 4.69) is 5.43 Å². The molecule has 0 saturated carbocycles. The summed E-state index contributed by atoms with van der Waals surface area (Å²) in [7, 11) is 3.52. The van der Waals surface area contributed by atoms with Gasteiger partial charge in [-0.05, 0) is 18.2 Å². The summed E-state index contributed by atoms with van der Waals surface area (Å²) >= 11 is 0. The van der Waals surface area contributed by atoms with Gasteiger partial charge in [-0.2, -0.15) is 0 Å². The Morgan fingerprint density at radius 2 is 1.94 bits per heavy atom. The molecule has 1 heterocycles. The molecule has 0 unspecified atom stereocenters. The molecule has 0 saturated heterocycles. The van der Waals surface area contributed by atoms with E-state index < -0.39 is 0 Å². The van der Waals surface area contributed by atoms with Crippen LogP contribution in [0.3, 0.4) is 0 Å². The number of fused-ring (bicyclic) bond motifs is 1. The Hall–Kier alpha value is -1.75. The molecule has 0 aromatic heterocycles. The largest absolute Gasteiger partial charge is 0.486 e. The number of carbonyl (C=O) groups is 1. The Morgan fingerprint density at radius 1 is 1.25 bits per heavy atom. The van der Waals surface area contributed by atoms with Crippen molar-refractivity contribution in [2.45, 2.75) is 0 Å². The van der Waals surface area contributed by atoms with Gasteiger partial charge in [0.05, 0.1) is 0 Å². The van der Waals surface area contributed by atoms with Crippen molar-refractivity contribution in [3.63, 3.8) is 0 Å². The summed E-state index contributed by atoms with van der Waals surface area (Å²) in [5.74, 6) is 1.15. The van der Waals surface area contributed by atoms with Crippen molar-refractivity contribution in [2.24, 2.45) is 0 Å². The van der Waals surface area contributed by atoms with Gasteiger partial charge < -0.3 is 9.47 Å². The molecular formula is C11H14N2O3. The summed E-state index contributed by atoms with van der Waals surface area (Å²) in [5.41, 5.74) is 3.22. The summed E-state index contributed by atoms with van der Waals surface area (Å²) in [6.07, 6.45) is 0. The second-order valence-corrected chi connectivity index (χ2v) is 3.69. The summed E-state index contributed by atoms with van der Waals surface area (Å²) in [4.78, 5) is 11.7. The standard InChI is InChI=1S/C11H14N2O3/c1-13(2)12-11(14)8-3-4-9-10(7-8)16-6-5-15-9/h3-4,7H,5-6H2,1-2H3,(H,12,14). The molecule has 0 bridgehead atoms. The predicted molar refractivity (Wildman–Crippen MR) is 58.6 cm³/mol. The molecule has 16 heavy (non-hydrogen) atoms. The lowest BCUT2D eigenvalue weighted by Gasteiger charge is -2.19. The lowest BCUT2D eigenvalue weighted by Crippen LogP contribution is -2.36. The SMILES string of the molecule is CN(C)NC(=O)c1ccc2c(c1)OCCO2. The topological polar surface area (TPSA) is 50.8 Å². The number of amides is 1. The first-order valence-corrected chi connectivity index (χ1v) is 5.05. The molecule has 5 heteroatoms. The second kappa shape index (κ2) is 4.40. The third-order valence-electron chi connectivity index (χ3n) is 2.13. The minimum absolute atomic E-state index is 0.165. The summed E-state index contributed by atoms with van der Waals surface area (Å²) in [5, 5.41) is 1.60. The average molecular weight is 222 g/mol. The van der Waals surface area contributed by atoms with Crippen molar-refractivity contribution >= 4 is 5.91 Å². The Labute approximate surface area is 93.9 Å². The normalized spacial score (nSPS) is 13.7. The van der Waals surface area contributed by atoms with E-state index in [1.54, 1.807) is 37.3 Å². The van der Waals surface area contributed by atoms with Gasteiger partial charge in [-0.15, -0.1) is 0 Å². The highest BCUT2D eigenvalue weighted by Crippen LogP contribution is 2.30.